The second-order valence-corrected chi connectivity index (χ2v) is 6.20. The van der Waals surface area contributed by atoms with Crippen molar-refractivity contribution in [2.75, 3.05) is 38.2 Å². The Morgan fingerprint density at radius 2 is 1.96 bits per heavy atom. The van der Waals surface area contributed by atoms with Crippen LogP contribution < -0.4 is 15.0 Å². The number of aromatic nitrogens is 2. The first kappa shape index (κ1) is 15.6. The quantitative estimate of drug-likeness (QED) is 0.880. The number of fused-ring (bicyclic) bond motifs is 1. The van der Waals surface area contributed by atoms with Crippen LogP contribution in [0.5, 0.6) is 6.01 Å². The number of aliphatic imine (C=N–C) groups is 1. The summed E-state index contributed by atoms with van der Waals surface area (Å²) in [7, 11) is 1.58. The zero-order valence-electron chi connectivity index (χ0n) is 14.3. The van der Waals surface area contributed by atoms with E-state index >= 15 is 0 Å². The van der Waals surface area contributed by atoms with Crippen LogP contribution in [0.4, 0.5) is 10.6 Å². The van der Waals surface area contributed by atoms with E-state index in [0.29, 0.717) is 6.01 Å². The van der Waals surface area contributed by atoms with Crippen molar-refractivity contribution in [2.24, 2.45) is 4.99 Å². The van der Waals surface area contributed by atoms with Gasteiger partial charge in [-0.05, 0) is 19.1 Å². The molecule has 25 heavy (non-hydrogen) atoms. The number of hydrogen-bond acceptors (Lipinski definition) is 6. The first-order valence-electron chi connectivity index (χ1n) is 8.31. The molecular weight excluding hydrogens is 320 g/mol. The molecule has 0 saturated carbocycles. The van der Waals surface area contributed by atoms with Crippen LogP contribution in [0.3, 0.4) is 0 Å². The molecule has 1 N–H and O–H groups in total. The highest BCUT2D eigenvalue weighted by atomic mass is 16.5. The molecule has 8 nitrogen and oxygen atoms in total. The van der Waals surface area contributed by atoms with Crippen molar-refractivity contribution >= 4 is 17.6 Å². The molecule has 0 bridgehead atoms. The lowest BCUT2D eigenvalue weighted by atomic mass is 10.0. The van der Waals surface area contributed by atoms with Crippen LogP contribution >= 0.6 is 0 Å². The molecule has 2 amide bonds. The van der Waals surface area contributed by atoms with E-state index in [4.69, 9.17) is 4.74 Å². The van der Waals surface area contributed by atoms with Gasteiger partial charge in [0, 0.05) is 43.6 Å². The summed E-state index contributed by atoms with van der Waals surface area (Å²) in [5.74, 6) is 0.887. The van der Waals surface area contributed by atoms with Gasteiger partial charge in [0.2, 0.25) is 0 Å². The molecule has 3 heterocycles. The highest BCUT2D eigenvalue weighted by Crippen LogP contribution is 2.23. The molecule has 8 heteroatoms. The number of amides is 2. The van der Waals surface area contributed by atoms with E-state index < -0.39 is 0 Å². The molecule has 1 aromatic rings. The SMILES string of the molecule is COc1nc(C)cc(N2CCN(C3=CC=CC4=NC(=O)NC34)CC2)n1. The lowest BCUT2D eigenvalue weighted by molar-refractivity contribution is 0.248. The number of nitrogens with one attached hydrogen (secondary N) is 1. The average molecular weight is 340 g/mol. The fraction of sp³-hybridized carbons (Fsp3) is 0.412. The van der Waals surface area contributed by atoms with Crippen molar-refractivity contribution < 1.29 is 9.53 Å². The van der Waals surface area contributed by atoms with Gasteiger partial charge in [-0.25, -0.2) is 9.78 Å². The van der Waals surface area contributed by atoms with Gasteiger partial charge in [-0.1, -0.05) is 6.08 Å². The number of methoxy groups -OCH3 is 1. The Bertz CT molecular complexity index is 792. The van der Waals surface area contributed by atoms with Gasteiger partial charge in [0.25, 0.3) is 0 Å². The number of anilines is 1. The molecule has 2 aliphatic heterocycles. The molecule has 1 fully saturated rings. The van der Waals surface area contributed by atoms with Gasteiger partial charge in [0.05, 0.1) is 12.8 Å². The average Bonchev–Trinajstić information content (AvgIpc) is 3.01. The van der Waals surface area contributed by atoms with Crippen molar-refractivity contribution in [1.82, 2.24) is 20.2 Å². The normalized spacial score (nSPS) is 22.3. The van der Waals surface area contributed by atoms with E-state index in [0.717, 1.165) is 49.1 Å². The molecule has 1 aliphatic carbocycles. The summed E-state index contributed by atoms with van der Waals surface area (Å²) in [6.07, 6.45) is 5.90. The first-order chi connectivity index (χ1) is 12.1. The topological polar surface area (TPSA) is 83.0 Å². The maximum atomic E-state index is 11.6. The summed E-state index contributed by atoms with van der Waals surface area (Å²) < 4.78 is 5.17. The van der Waals surface area contributed by atoms with Crippen molar-refractivity contribution in [1.29, 1.82) is 0 Å². The zero-order valence-corrected chi connectivity index (χ0v) is 14.3. The Balaban J connectivity index is 1.46. The summed E-state index contributed by atoms with van der Waals surface area (Å²) in [5, 5.41) is 2.91. The second kappa shape index (κ2) is 6.19. The maximum absolute atomic E-state index is 11.6. The van der Waals surface area contributed by atoms with Crippen LogP contribution in [0.15, 0.2) is 35.0 Å². The Hall–Kier alpha value is -2.90. The van der Waals surface area contributed by atoms with Crippen molar-refractivity contribution in [3.63, 3.8) is 0 Å². The van der Waals surface area contributed by atoms with E-state index in [1.54, 1.807) is 7.11 Å². The molecule has 4 rings (SSSR count). The molecule has 1 unspecified atom stereocenters. The molecule has 0 radical (unpaired) electrons. The first-order valence-corrected chi connectivity index (χ1v) is 8.31. The summed E-state index contributed by atoms with van der Waals surface area (Å²) in [6.45, 7) is 5.32. The standard InChI is InChI=1S/C17H20N6O2/c1-11-10-14(20-17(18-11)25-2)23-8-6-22(7-9-23)13-5-3-4-12-15(13)21-16(24)19-12/h3-5,10,15H,6-9H2,1-2H3,(H,21,24). The van der Waals surface area contributed by atoms with Gasteiger partial charge in [0.15, 0.2) is 0 Å². The van der Waals surface area contributed by atoms with Crippen LogP contribution in [0.25, 0.3) is 0 Å². The number of carbonyl (C=O) groups excluding carboxylic acids is 1. The maximum Gasteiger partial charge on any atom is 0.342 e. The molecule has 130 valence electrons. The van der Waals surface area contributed by atoms with E-state index in [1.807, 2.05) is 25.1 Å². The second-order valence-electron chi connectivity index (χ2n) is 6.20. The number of hydrogen-bond donors (Lipinski definition) is 1. The van der Waals surface area contributed by atoms with Gasteiger partial charge >= 0.3 is 12.0 Å². The Labute approximate surface area is 145 Å². The number of carbonyl (C=O) groups is 1. The fourth-order valence-corrected chi connectivity index (χ4v) is 3.37. The predicted molar refractivity (Wildman–Crippen MR) is 94.1 cm³/mol. The highest BCUT2D eigenvalue weighted by molar-refractivity contribution is 6.13. The van der Waals surface area contributed by atoms with Gasteiger partial charge < -0.3 is 19.9 Å². The van der Waals surface area contributed by atoms with E-state index in [9.17, 15) is 4.79 Å². The minimum absolute atomic E-state index is 0.120. The van der Waals surface area contributed by atoms with Crippen molar-refractivity contribution in [3.05, 3.63) is 35.7 Å². The van der Waals surface area contributed by atoms with E-state index in [-0.39, 0.29) is 12.1 Å². The van der Waals surface area contributed by atoms with E-state index in [1.165, 1.54) is 0 Å². The molecule has 0 spiro atoms. The number of piperazine rings is 1. The van der Waals surface area contributed by atoms with Crippen molar-refractivity contribution in [3.8, 4) is 6.01 Å². The minimum atomic E-state index is -0.264. The Kier molecular flexibility index (Phi) is 3.87. The molecular formula is C17H20N6O2. The molecule has 3 aliphatic rings. The predicted octanol–water partition coefficient (Wildman–Crippen LogP) is 0.902. The lowest BCUT2D eigenvalue weighted by Crippen LogP contribution is -2.50. The van der Waals surface area contributed by atoms with Crippen LogP contribution in [0, 0.1) is 6.92 Å². The van der Waals surface area contributed by atoms with Crippen LogP contribution in [-0.4, -0.2) is 65.9 Å². The monoisotopic (exact) mass is 340 g/mol. The largest absolute Gasteiger partial charge is 0.467 e. The molecule has 1 saturated heterocycles. The summed E-state index contributed by atoms with van der Waals surface area (Å²) in [4.78, 5) is 28.8. The number of nitrogens with zero attached hydrogens (tertiary/aromatic N) is 5. The number of aryl methyl sites for hydroxylation is 1. The third-order valence-corrected chi connectivity index (χ3v) is 4.60. The lowest BCUT2D eigenvalue weighted by Gasteiger charge is -2.39. The Morgan fingerprint density at radius 1 is 1.20 bits per heavy atom. The van der Waals surface area contributed by atoms with Crippen LogP contribution in [-0.2, 0) is 0 Å². The smallest absolute Gasteiger partial charge is 0.342 e. The van der Waals surface area contributed by atoms with E-state index in [2.05, 4.69) is 36.2 Å². The zero-order chi connectivity index (χ0) is 17.4. The number of ether oxygens (including phenoxy) is 1. The Morgan fingerprint density at radius 3 is 2.72 bits per heavy atom. The summed E-state index contributed by atoms with van der Waals surface area (Å²) >= 11 is 0. The summed E-state index contributed by atoms with van der Waals surface area (Å²) in [5.41, 5.74) is 2.78. The highest BCUT2D eigenvalue weighted by Gasteiger charge is 2.33. The molecule has 1 aromatic heterocycles. The van der Waals surface area contributed by atoms with Gasteiger partial charge in [0.1, 0.15) is 11.9 Å². The van der Waals surface area contributed by atoms with Gasteiger partial charge in [-0.15, -0.1) is 0 Å². The minimum Gasteiger partial charge on any atom is -0.467 e. The fourth-order valence-electron chi connectivity index (χ4n) is 3.37. The third-order valence-electron chi connectivity index (χ3n) is 4.60. The van der Waals surface area contributed by atoms with Gasteiger partial charge in [-0.3, -0.25) is 0 Å². The summed E-state index contributed by atoms with van der Waals surface area (Å²) in [6, 6.07) is 1.99. The van der Waals surface area contributed by atoms with Crippen LogP contribution in [0.1, 0.15) is 5.69 Å². The van der Waals surface area contributed by atoms with Gasteiger partial charge in [-0.2, -0.15) is 9.98 Å². The number of allylic oxidation sites excluding steroid dienone is 2. The van der Waals surface area contributed by atoms with Crippen LogP contribution in [0.2, 0.25) is 0 Å². The molecule has 0 aromatic carbocycles. The third kappa shape index (κ3) is 2.95. The molecule has 1 atom stereocenters. The number of rotatable bonds is 3. The number of urea groups is 1. The van der Waals surface area contributed by atoms with Crippen molar-refractivity contribution in [2.45, 2.75) is 13.0 Å².